The Morgan fingerprint density at radius 2 is 1.50 bits per heavy atom. The number of amides is 1. The summed E-state index contributed by atoms with van der Waals surface area (Å²) in [4.78, 5) is 26.4. The molecular weight excluding hydrogens is 488 g/mol. The lowest BCUT2D eigenvalue weighted by Crippen LogP contribution is -2.55. The van der Waals surface area contributed by atoms with E-state index in [9.17, 15) is 28.6 Å². The molecule has 2 N–H and O–H groups in total. The van der Waals surface area contributed by atoms with Gasteiger partial charge in [0, 0.05) is 11.3 Å². The molecule has 1 amide bonds. The number of anilines is 1. The minimum atomic E-state index is -0.848. The van der Waals surface area contributed by atoms with E-state index in [2.05, 4.69) is 0 Å². The lowest BCUT2D eigenvalue weighted by Gasteiger charge is -2.48. The number of nitrogens with zero attached hydrogens (tertiary/aromatic N) is 1. The molecule has 0 spiro atoms. The lowest BCUT2D eigenvalue weighted by atomic mass is 9.78. The zero-order valence-electron chi connectivity index (χ0n) is 20.3. The number of hydrogen-bond acceptors (Lipinski definition) is 4. The molecule has 192 valence electrons. The summed E-state index contributed by atoms with van der Waals surface area (Å²) in [6, 6.07) is 22.9. The molecule has 1 saturated heterocycles. The first-order chi connectivity index (χ1) is 18.4. The summed E-state index contributed by atoms with van der Waals surface area (Å²) < 4.78 is 26.8. The van der Waals surface area contributed by atoms with Crippen LogP contribution in [0.5, 0.6) is 5.75 Å². The molecule has 1 aliphatic heterocycles. The molecule has 4 aromatic carbocycles. The highest BCUT2D eigenvalue weighted by Gasteiger charge is 2.48. The van der Waals surface area contributed by atoms with Gasteiger partial charge in [0.1, 0.15) is 17.4 Å². The molecule has 0 bridgehead atoms. The molecular formula is C31H25F2NO4. The van der Waals surface area contributed by atoms with Crippen molar-refractivity contribution in [2.75, 3.05) is 4.90 Å². The molecule has 2 unspecified atom stereocenters. The summed E-state index contributed by atoms with van der Waals surface area (Å²) in [5, 5.41) is 20.5. The van der Waals surface area contributed by atoms with E-state index in [0.717, 1.165) is 17.4 Å². The highest BCUT2D eigenvalue weighted by Crippen LogP contribution is 2.46. The van der Waals surface area contributed by atoms with Gasteiger partial charge in [0.25, 0.3) is 0 Å². The summed E-state index contributed by atoms with van der Waals surface area (Å²) in [6.45, 7) is 0. The van der Waals surface area contributed by atoms with Crippen molar-refractivity contribution >= 4 is 17.9 Å². The number of aliphatic hydroxyl groups is 1. The molecule has 3 atom stereocenters. The molecule has 0 aromatic heterocycles. The first-order valence-corrected chi connectivity index (χ1v) is 12.3. The van der Waals surface area contributed by atoms with Crippen molar-refractivity contribution in [2.24, 2.45) is 5.92 Å². The third-order valence-corrected chi connectivity index (χ3v) is 7.05. The highest BCUT2D eigenvalue weighted by molar-refractivity contribution is 6.03. The van der Waals surface area contributed by atoms with Crippen LogP contribution in [0, 0.1) is 17.6 Å². The second kappa shape index (κ2) is 10.6. The van der Waals surface area contributed by atoms with Crippen molar-refractivity contribution in [2.45, 2.75) is 25.0 Å². The van der Waals surface area contributed by atoms with Gasteiger partial charge in [-0.25, -0.2) is 8.78 Å². The van der Waals surface area contributed by atoms with Crippen molar-refractivity contribution in [1.82, 2.24) is 0 Å². The minimum Gasteiger partial charge on any atom is -0.508 e. The fourth-order valence-corrected chi connectivity index (χ4v) is 5.05. The molecule has 38 heavy (non-hydrogen) atoms. The van der Waals surface area contributed by atoms with E-state index in [1.54, 1.807) is 23.1 Å². The van der Waals surface area contributed by atoms with E-state index in [4.69, 9.17) is 0 Å². The number of aromatic hydroxyl groups is 1. The molecule has 5 rings (SSSR count). The van der Waals surface area contributed by atoms with E-state index < -0.39 is 17.8 Å². The van der Waals surface area contributed by atoms with Gasteiger partial charge in [-0.1, -0.05) is 36.4 Å². The molecule has 0 saturated carbocycles. The van der Waals surface area contributed by atoms with Crippen molar-refractivity contribution in [3.8, 4) is 16.9 Å². The third-order valence-electron chi connectivity index (χ3n) is 7.05. The largest absolute Gasteiger partial charge is 0.508 e. The van der Waals surface area contributed by atoms with Crippen molar-refractivity contribution < 1.29 is 28.6 Å². The van der Waals surface area contributed by atoms with Crippen LogP contribution in [0.3, 0.4) is 0 Å². The Labute approximate surface area is 218 Å². The monoisotopic (exact) mass is 513 g/mol. The maximum absolute atomic E-state index is 13.6. The van der Waals surface area contributed by atoms with Gasteiger partial charge in [-0.3, -0.25) is 9.59 Å². The van der Waals surface area contributed by atoms with Crippen LogP contribution in [0.25, 0.3) is 11.1 Å². The highest BCUT2D eigenvalue weighted by atomic mass is 19.1. The molecule has 0 aliphatic carbocycles. The van der Waals surface area contributed by atoms with Gasteiger partial charge in [0.15, 0.2) is 6.29 Å². The Morgan fingerprint density at radius 1 is 0.868 bits per heavy atom. The van der Waals surface area contributed by atoms with Crippen LogP contribution in [0.15, 0.2) is 91.0 Å². The lowest BCUT2D eigenvalue weighted by molar-refractivity contribution is -0.131. The van der Waals surface area contributed by atoms with Crippen molar-refractivity contribution in [3.63, 3.8) is 0 Å². The van der Waals surface area contributed by atoms with Crippen LogP contribution >= 0.6 is 0 Å². The number of carbonyl (C=O) groups is 2. The topological polar surface area (TPSA) is 77.8 Å². The average Bonchev–Trinajstić information content (AvgIpc) is 2.93. The average molecular weight is 514 g/mol. The number of aldehydes is 1. The Kier molecular flexibility index (Phi) is 7.03. The van der Waals surface area contributed by atoms with Crippen LogP contribution < -0.4 is 4.90 Å². The van der Waals surface area contributed by atoms with Crippen molar-refractivity contribution in [3.05, 3.63) is 119 Å². The number of β-lactam (4-membered cyclic amide) rings is 1. The first-order valence-electron chi connectivity index (χ1n) is 12.3. The second-order valence-corrected chi connectivity index (χ2v) is 9.39. The zero-order valence-corrected chi connectivity index (χ0v) is 20.3. The van der Waals surface area contributed by atoms with Gasteiger partial charge in [-0.05, 0) is 89.7 Å². The Bertz CT molecular complexity index is 1450. The summed E-state index contributed by atoms with van der Waals surface area (Å²) in [7, 11) is 0. The number of carbonyl (C=O) groups excluding carboxylic acids is 2. The number of benzene rings is 4. The quantitative estimate of drug-likeness (QED) is 0.212. The smallest absolute Gasteiger partial charge is 0.233 e. The number of phenols is 1. The number of hydrogen-bond donors (Lipinski definition) is 2. The minimum absolute atomic E-state index is 0.0431. The number of phenolic OH excluding ortho intramolecular Hbond substituents is 1. The second-order valence-electron chi connectivity index (χ2n) is 9.39. The van der Waals surface area contributed by atoms with E-state index in [-0.39, 0.29) is 23.5 Å². The van der Waals surface area contributed by atoms with E-state index in [0.29, 0.717) is 35.2 Å². The Morgan fingerprint density at radius 3 is 2.13 bits per heavy atom. The summed E-state index contributed by atoms with van der Waals surface area (Å²) in [5.41, 5.74) is 3.74. The fraction of sp³-hybridized carbons (Fsp3) is 0.161. The number of halogens is 2. The van der Waals surface area contributed by atoms with E-state index in [1.165, 1.54) is 48.5 Å². The van der Waals surface area contributed by atoms with Gasteiger partial charge in [-0.15, -0.1) is 0 Å². The molecule has 1 fully saturated rings. The summed E-state index contributed by atoms with van der Waals surface area (Å²) in [6.07, 6.45) is 0.577. The summed E-state index contributed by atoms with van der Waals surface area (Å²) in [5.74, 6) is -1.31. The van der Waals surface area contributed by atoms with E-state index >= 15 is 0 Å². The molecule has 1 heterocycles. The molecule has 4 aromatic rings. The summed E-state index contributed by atoms with van der Waals surface area (Å²) >= 11 is 0. The van der Waals surface area contributed by atoms with Gasteiger partial charge >= 0.3 is 0 Å². The Balaban J connectivity index is 1.42. The maximum atomic E-state index is 13.6. The van der Waals surface area contributed by atoms with Crippen LogP contribution in [-0.4, -0.2) is 22.4 Å². The standard InChI is InChI=1S/C31H25F2NO4/c32-23-8-5-20(6-9-23)29(37)16-15-27-30(34(31(27)38)25-12-10-24(33)11-13-25)21-3-1-19(2-4-21)28-17-26(36)14-7-22(28)18-35/h1-14,17-18,27,29-30,36-37H,15-16H2/t27?,29-,30?/m0/s1. The van der Waals surface area contributed by atoms with Crippen LogP contribution in [-0.2, 0) is 4.79 Å². The predicted molar refractivity (Wildman–Crippen MR) is 140 cm³/mol. The zero-order chi connectivity index (χ0) is 26.8. The predicted octanol–water partition coefficient (Wildman–Crippen LogP) is 6.37. The normalized spacial score (nSPS) is 17.7. The third kappa shape index (κ3) is 4.93. The van der Waals surface area contributed by atoms with Gasteiger partial charge in [0.2, 0.25) is 5.91 Å². The first kappa shape index (κ1) is 25.3. The van der Waals surface area contributed by atoms with Crippen LogP contribution in [0.4, 0.5) is 14.5 Å². The molecule has 7 heteroatoms. The maximum Gasteiger partial charge on any atom is 0.233 e. The Hall–Kier alpha value is -4.36. The molecule has 5 nitrogen and oxygen atoms in total. The van der Waals surface area contributed by atoms with Gasteiger partial charge in [0.05, 0.1) is 18.1 Å². The van der Waals surface area contributed by atoms with E-state index in [1.807, 2.05) is 24.3 Å². The van der Waals surface area contributed by atoms with Crippen LogP contribution in [0.2, 0.25) is 0 Å². The van der Waals surface area contributed by atoms with Crippen molar-refractivity contribution in [1.29, 1.82) is 0 Å². The van der Waals surface area contributed by atoms with Gasteiger partial charge in [-0.2, -0.15) is 0 Å². The number of aliphatic hydroxyl groups excluding tert-OH is 1. The SMILES string of the molecule is O=Cc1ccc(O)cc1-c1ccc(C2C(CC[C@H](O)c3ccc(F)cc3)C(=O)N2c2ccc(F)cc2)cc1. The molecule has 1 aliphatic rings. The van der Waals surface area contributed by atoms with Crippen LogP contribution in [0.1, 0.15) is 46.5 Å². The number of rotatable bonds is 8. The fourth-order valence-electron chi connectivity index (χ4n) is 5.05. The van der Waals surface area contributed by atoms with Gasteiger partial charge < -0.3 is 15.1 Å². The molecule has 0 radical (unpaired) electrons.